The molecule has 0 aliphatic rings. The summed E-state index contributed by atoms with van der Waals surface area (Å²) in [6, 6.07) is 3.35. The van der Waals surface area contributed by atoms with Crippen LogP contribution in [-0.2, 0) is 4.74 Å². The molecule has 1 unspecified atom stereocenters. The summed E-state index contributed by atoms with van der Waals surface area (Å²) in [7, 11) is 0. The Kier molecular flexibility index (Phi) is 4.28. The summed E-state index contributed by atoms with van der Waals surface area (Å²) in [5.74, 6) is -1.42. The Morgan fingerprint density at radius 1 is 1.56 bits per heavy atom. The van der Waals surface area contributed by atoms with Crippen LogP contribution < -0.4 is 0 Å². The lowest BCUT2D eigenvalue weighted by atomic mass is 10.1. The number of benzene rings is 1. The van der Waals surface area contributed by atoms with Crippen molar-refractivity contribution in [2.45, 2.75) is 20.3 Å². The first-order valence-corrected chi connectivity index (χ1v) is 5.20. The normalized spacial score (nSPS) is 12.2. The molecule has 1 aromatic rings. The topological polar surface area (TPSA) is 46.5 Å². The minimum absolute atomic E-state index is 0.152. The molecule has 0 aliphatic carbocycles. The number of carbonyl (C=O) groups is 1. The van der Waals surface area contributed by atoms with Crippen LogP contribution >= 0.6 is 0 Å². The van der Waals surface area contributed by atoms with Gasteiger partial charge in [-0.2, -0.15) is 0 Å². The van der Waals surface area contributed by atoms with Crippen LogP contribution in [0.5, 0.6) is 5.75 Å². The molecule has 0 amide bonds. The molecule has 0 spiro atoms. The standard InChI is InChI=1S/C12H15FO3/c1-3-8(2)7-16-12(15)10-5-4-9(14)6-11(10)13/h4-6,8,14H,3,7H2,1-2H3. The van der Waals surface area contributed by atoms with Crippen molar-refractivity contribution >= 4 is 5.97 Å². The summed E-state index contributed by atoms with van der Waals surface area (Å²) >= 11 is 0. The van der Waals surface area contributed by atoms with Gasteiger partial charge in [-0.25, -0.2) is 9.18 Å². The predicted molar refractivity (Wildman–Crippen MR) is 57.8 cm³/mol. The number of phenols is 1. The van der Waals surface area contributed by atoms with E-state index in [-0.39, 0.29) is 23.8 Å². The maximum absolute atomic E-state index is 13.2. The number of esters is 1. The second-order valence-corrected chi connectivity index (χ2v) is 3.78. The Morgan fingerprint density at radius 2 is 2.25 bits per heavy atom. The zero-order valence-electron chi connectivity index (χ0n) is 9.37. The number of aromatic hydroxyl groups is 1. The number of ether oxygens (including phenoxy) is 1. The molecule has 88 valence electrons. The average molecular weight is 226 g/mol. The van der Waals surface area contributed by atoms with Gasteiger partial charge < -0.3 is 9.84 Å². The number of halogens is 1. The molecule has 1 atom stereocenters. The molecule has 0 heterocycles. The van der Waals surface area contributed by atoms with E-state index < -0.39 is 11.8 Å². The summed E-state index contributed by atoms with van der Waals surface area (Å²) in [5.41, 5.74) is -0.152. The Hall–Kier alpha value is -1.58. The molecule has 0 aromatic heterocycles. The summed E-state index contributed by atoms with van der Waals surface area (Å²) in [5, 5.41) is 8.98. The highest BCUT2D eigenvalue weighted by atomic mass is 19.1. The fourth-order valence-corrected chi connectivity index (χ4v) is 1.08. The van der Waals surface area contributed by atoms with Gasteiger partial charge in [0.25, 0.3) is 0 Å². The smallest absolute Gasteiger partial charge is 0.341 e. The second-order valence-electron chi connectivity index (χ2n) is 3.78. The van der Waals surface area contributed by atoms with Crippen molar-refractivity contribution in [1.29, 1.82) is 0 Å². The first kappa shape index (κ1) is 12.5. The lowest BCUT2D eigenvalue weighted by Crippen LogP contribution is -2.12. The van der Waals surface area contributed by atoms with Crippen LogP contribution in [0.1, 0.15) is 30.6 Å². The molecule has 1 N–H and O–H groups in total. The lowest BCUT2D eigenvalue weighted by molar-refractivity contribution is 0.0442. The van der Waals surface area contributed by atoms with Gasteiger partial charge in [0.05, 0.1) is 12.2 Å². The van der Waals surface area contributed by atoms with Crippen molar-refractivity contribution in [1.82, 2.24) is 0 Å². The largest absolute Gasteiger partial charge is 0.508 e. The van der Waals surface area contributed by atoms with Crippen molar-refractivity contribution in [3.63, 3.8) is 0 Å². The van der Waals surface area contributed by atoms with E-state index in [9.17, 15) is 9.18 Å². The Balaban J connectivity index is 2.66. The van der Waals surface area contributed by atoms with Gasteiger partial charge in [0.1, 0.15) is 11.6 Å². The van der Waals surface area contributed by atoms with Crippen LogP contribution in [0.25, 0.3) is 0 Å². The quantitative estimate of drug-likeness (QED) is 0.803. The molecule has 0 bridgehead atoms. The van der Waals surface area contributed by atoms with E-state index in [1.807, 2.05) is 13.8 Å². The van der Waals surface area contributed by atoms with E-state index in [4.69, 9.17) is 9.84 Å². The van der Waals surface area contributed by atoms with Crippen LogP contribution in [-0.4, -0.2) is 17.7 Å². The predicted octanol–water partition coefficient (Wildman–Crippen LogP) is 2.73. The number of rotatable bonds is 4. The lowest BCUT2D eigenvalue weighted by Gasteiger charge is -2.09. The number of carbonyl (C=O) groups excluding carboxylic acids is 1. The number of hydrogen-bond acceptors (Lipinski definition) is 3. The summed E-state index contributed by atoms with van der Waals surface area (Å²) in [4.78, 5) is 11.5. The molecule has 0 saturated heterocycles. The van der Waals surface area contributed by atoms with Gasteiger partial charge in [-0.3, -0.25) is 0 Å². The monoisotopic (exact) mass is 226 g/mol. The van der Waals surface area contributed by atoms with E-state index in [0.717, 1.165) is 12.5 Å². The molecule has 0 saturated carbocycles. The van der Waals surface area contributed by atoms with Crippen molar-refractivity contribution in [2.24, 2.45) is 5.92 Å². The average Bonchev–Trinajstić information content (AvgIpc) is 2.25. The third-order valence-electron chi connectivity index (χ3n) is 2.37. The SMILES string of the molecule is CCC(C)COC(=O)c1ccc(O)cc1F. The zero-order chi connectivity index (χ0) is 12.1. The molecule has 1 rings (SSSR count). The van der Waals surface area contributed by atoms with Crippen LogP contribution in [0, 0.1) is 11.7 Å². The van der Waals surface area contributed by atoms with Gasteiger partial charge in [0.15, 0.2) is 0 Å². The van der Waals surface area contributed by atoms with Gasteiger partial charge >= 0.3 is 5.97 Å². The highest BCUT2D eigenvalue weighted by Crippen LogP contribution is 2.16. The molecule has 16 heavy (non-hydrogen) atoms. The first-order valence-electron chi connectivity index (χ1n) is 5.20. The molecular formula is C12H15FO3. The molecule has 0 fully saturated rings. The van der Waals surface area contributed by atoms with E-state index in [2.05, 4.69) is 0 Å². The van der Waals surface area contributed by atoms with E-state index in [1.54, 1.807) is 0 Å². The third kappa shape index (κ3) is 3.22. The molecule has 1 aromatic carbocycles. The summed E-state index contributed by atoms with van der Waals surface area (Å²) in [6.45, 7) is 4.20. The van der Waals surface area contributed by atoms with E-state index >= 15 is 0 Å². The van der Waals surface area contributed by atoms with Crippen LogP contribution in [0.4, 0.5) is 4.39 Å². The number of hydrogen-bond donors (Lipinski definition) is 1. The fourth-order valence-electron chi connectivity index (χ4n) is 1.08. The van der Waals surface area contributed by atoms with Crippen molar-refractivity contribution < 1.29 is 19.0 Å². The molecule has 3 nitrogen and oxygen atoms in total. The van der Waals surface area contributed by atoms with Gasteiger partial charge in [-0.05, 0) is 18.1 Å². The highest BCUT2D eigenvalue weighted by molar-refractivity contribution is 5.89. The van der Waals surface area contributed by atoms with E-state index in [0.29, 0.717) is 0 Å². The number of phenolic OH excluding ortho intramolecular Hbond substituents is 1. The summed E-state index contributed by atoms with van der Waals surface area (Å²) < 4.78 is 18.2. The minimum Gasteiger partial charge on any atom is -0.508 e. The molecular weight excluding hydrogens is 211 g/mol. The van der Waals surface area contributed by atoms with Crippen LogP contribution in [0.2, 0.25) is 0 Å². The van der Waals surface area contributed by atoms with Gasteiger partial charge in [0.2, 0.25) is 0 Å². The third-order valence-corrected chi connectivity index (χ3v) is 2.37. The van der Waals surface area contributed by atoms with Crippen molar-refractivity contribution in [3.8, 4) is 5.75 Å². The highest BCUT2D eigenvalue weighted by Gasteiger charge is 2.14. The minimum atomic E-state index is -0.769. The van der Waals surface area contributed by atoms with Crippen LogP contribution in [0.3, 0.4) is 0 Å². The van der Waals surface area contributed by atoms with E-state index in [1.165, 1.54) is 12.1 Å². The van der Waals surface area contributed by atoms with Gasteiger partial charge in [-0.1, -0.05) is 20.3 Å². The summed E-state index contributed by atoms with van der Waals surface area (Å²) in [6.07, 6.45) is 0.894. The fraction of sp³-hybridized carbons (Fsp3) is 0.417. The maximum atomic E-state index is 13.2. The maximum Gasteiger partial charge on any atom is 0.341 e. The molecule has 4 heteroatoms. The van der Waals surface area contributed by atoms with Crippen molar-refractivity contribution in [2.75, 3.05) is 6.61 Å². The second kappa shape index (κ2) is 5.49. The van der Waals surface area contributed by atoms with Gasteiger partial charge in [0, 0.05) is 6.07 Å². The van der Waals surface area contributed by atoms with Gasteiger partial charge in [-0.15, -0.1) is 0 Å². The first-order chi connectivity index (χ1) is 7.54. The Labute approximate surface area is 93.9 Å². The van der Waals surface area contributed by atoms with Crippen molar-refractivity contribution in [3.05, 3.63) is 29.6 Å². The Bertz CT molecular complexity index is 377. The zero-order valence-corrected chi connectivity index (χ0v) is 9.37. The molecule has 0 radical (unpaired) electrons. The molecule has 0 aliphatic heterocycles. The Morgan fingerprint density at radius 3 is 2.81 bits per heavy atom. The van der Waals surface area contributed by atoms with Crippen LogP contribution in [0.15, 0.2) is 18.2 Å².